The van der Waals surface area contributed by atoms with Crippen LogP contribution in [0.25, 0.3) is 0 Å². The first-order valence-electron chi connectivity index (χ1n) is 7.81. The van der Waals surface area contributed by atoms with Crippen LogP contribution in [-0.4, -0.2) is 18.6 Å². The predicted octanol–water partition coefficient (Wildman–Crippen LogP) is 3.52. The van der Waals surface area contributed by atoms with E-state index in [4.69, 9.17) is 10.5 Å². The van der Waals surface area contributed by atoms with Crippen molar-refractivity contribution in [1.29, 1.82) is 0 Å². The number of benzene rings is 2. The number of carbonyl (C=O) groups excluding carboxylic acids is 1. The maximum Gasteiger partial charge on any atom is 0.416 e. The first-order valence-corrected chi connectivity index (χ1v) is 7.81. The van der Waals surface area contributed by atoms with Crippen molar-refractivity contribution in [3.05, 3.63) is 59.7 Å². The van der Waals surface area contributed by atoms with Crippen molar-refractivity contribution >= 4 is 11.6 Å². The molecule has 1 aliphatic heterocycles. The van der Waals surface area contributed by atoms with Gasteiger partial charge in [-0.2, -0.15) is 13.2 Å². The minimum atomic E-state index is -4.40. The quantitative estimate of drug-likeness (QED) is 0.859. The molecule has 1 heterocycles. The Morgan fingerprint density at radius 2 is 1.68 bits per heavy atom. The number of hydrogen-bond donors (Lipinski definition) is 1. The summed E-state index contributed by atoms with van der Waals surface area (Å²) in [6.45, 7) is 2.40. The number of carbonyl (C=O) groups is 1. The smallest absolute Gasteiger partial charge is 0.416 e. The first-order chi connectivity index (χ1) is 11.8. The number of rotatable bonds is 4. The van der Waals surface area contributed by atoms with Crippen molar-refractivity contribution in [2.24, 2.45) is 5.73 Å². The molecule has 1 amide bonds. The highest BCUT2D eigenvalue weighted by atomic mass is 19.4. The van der Waals surface area contributed by atoms with Crippen LogP contribution in [-0.2, 0) is 11.0 Å². The second kappa shape index (κ2) is 6.40. The zero-order valence-corrected chi connectivity index (χ0v) is 13.5. The Bertz CT molecular complexity index is 757. The number of alkyl halides is 3. The molecule has 2 aromatic rings. The lowest BCUT2D eigenvalue weighted by Gasteiger charge is -2.45. The Balaban J connectivity index is 1.86. The third kappa shape index (κ3) is 3.19. The molecule has 7 heteroatoms. The van der Waals surface area contributed by atoms with Crippen molar-refractivity contribution in [3.63, 3.8) is 0 Å². The summed E-state index contributed by atoms with van der Waals surface area (Å²) in [5.41, 5.74) is 6.35. The highest BCUT2D eigenvalue weighted by Crippen LogP contribution is 2.39. The van der Waals surface area contributed by atoms with Crippen LogP contribution in [0.4, 0.5) is 18.9 Å². The number of anilines is 1. The lowest BCUT2D eigenvalue weighted by atomic mass is 9.88. The number of nitrogens with two attached hydrogens (primary N) is 1. The predicted molar refractivity (Wildman–Crippen MR) is 87.3 cm³/mol. The van der Waals surface area contributed by atoms with Gasteiger partial charge >= 0.3 is 6.18 Å². The molecule has 1 aliphatic rings. The molecular weight excluding hydrogens is 333 g/mol. The second-order valence-corrected chi connectivity index (χ2v) is 5.73. The minimum absolute atomic E-state index is 0.269. The van der Waals surface area contributed by atoms with E-state index in [0.29, 0.717) is 23.6 Å². The van der Waals surface area contributed by atoms with E-state index in [9.17, 15) is 18.0 Å². The van der Waals surface area contributed by atoms with E-state index in [1.54, 1.807) is 24.3 Å². The van der Waals surface area contributed by atoms with Gasteiger partial charge in [0.1, 0.15) is 11.8 Å². The van der Waals surface area contributed by atoms with Gasteiger partial charge in [0, 0.05) is 5.69 Å². The summed E-state index contributed by atoms with van der Waals surface area (Å²) in [7, 11) is 0. The molecule has 132 valence electrons. The molecule has 3 rings (SSSR count). The van der Waals surface area contributed by atoms with Crippen LogP contribution in [0.15, 0.2) is 48.5 Å². The molecule has 2 aromatic carbocycles. The summed E-state index contributed by atoms with van der Waals surface area (Å²) in [4.78, 5) is 13.7. The molecule has 0 bridgehead atoms. The Labute approximate surface area is 143 Å². The van der Waals surface area contributed by atoms with Crippen LogP contribution < -0.4 is 15.4 Å². The lowest BCUT2D eigenvalue weighted by Crippen LogP contribution is -2.63. The third-order valence-corrected chi connectivity index (χ3v) is 4.15. The molecule has 1 fully saturated rings. The Kier molecular flexibility index (Phi) is 4.43. The molecule has 25 heavy (non-hydrogen) atoms. The van der Waals surface area contributed by atoms with Gasteiger partial charge in [0.2, 0.25) is 5.91 Å². The van der Waals surface area contributed by atoms with E-state index in [2.05, 4.69) is 0 Å². The van der Waals surface area contributed by atoms with Gasteiger partial charge in [-0.25, -0.2) is 0 Å². The summed E-state index contributed by atoms with van der Waals surface area (Å²) < 4.78 is 43.5. The van der Waals surface area contributed by atoms with Crippen molar-refractivity contribution < 1.29 is 22.7 Å². The summed E-state index contributed by atoms with van der Waals surface area (Å²) in [5, 5.41) is 0. The third-order valence-electron chi connectivity index (χ3n) is 4.15. The molecule has 4 nitrogen and oxygen atoms in total. The molecular formula is C18H17F3N2O2. The molecule has 0 radical (unpaired) electrons. The van der Waals surface area contributed by atoms with Gasteiger partial charge < -0.3 is 15.4 Å². The molecule has 1 saturated heterocycles. The number of ether oxygens (including phenoxy) is 1. The van der Waals surface area contributed by atoms with E-state index in [0.717, 1.165) is 12.1 Å². The van der Waals surface area contributed by atoms with Crippen LogP contribution in [0.5, 0.6) is 5.75 Å². The summed E-state index contributed by atoms with van der Waals surface area (Å²) >= 11 is 0. The van der Waals surface area contributed by atoms with Crippen LogP contribution in [0.3, 0.4) is 0 Å². The number of hydrogen-bond acceptors (Lipinski definition) is 3. The van der Waals surface area contributed by atoms with Crippen molar-refractivity contribution in [2.75, 3.05) is 11.5 Å². The van der Waals surface area contributed by atoms with Gasteiger partial charge in [-0.05, 0) is 48.9 Å². The van der Waals surface area contributed by atoms with Crippen molar-refractivity contribution in [1.82, 2.24) is 0 Å². The largest absolute Gasteiger partial charge is 0.494 e. The molecule has 0 saturated carbocycles. The second-order valence-electron chi connectivity index (χ2n) is 5.73. The Morgan fingerprint density at radius 1 is 1.08 bits per heavy atom. The molecule has 2 N–H and O–H groups in total. The number of β-lactam (4-membered cyclic amide) rings is 1. The van der Waals surface area contributed by atoms with Crippen LogP contribution in [0.1, 0.15) is 24.1 Å². The normalized spacial score (nSPS) is 20.4. The van der Waals surface area contributed by atoms with E-state index < -0.39 is 23.8 Å². The molecule has 0 aromatic heterocycles. The van der Waals surface area contributed by atoms with Gasteiger partial charge in [0.05, 0.1) is 18.2 Å². The average Bonchev–Trinajstić information content (AvgIpc) is 2.59. The summed E-state index contributed by atoms with van der Waals surface area (Å²) in [6.07, 6.45) is -4.40. The minimum Gasteiger partial charge on any atom is -0.494 e. The van der Waals surface area contributed by atoms with Gasteiger partial charge in [0.15, 0.2) is 0 Å². The fourth-order valence-electron chi connectivity index (χ4n) is 2.89. The maximum absolute atomic E-state index is 12.7. The van der Waals surface area contributed by atoms with Crippen molar-refractivity contribution in [2.45, 2.75) is 25.2 Å². The topological polar surface area (TPSA) is 55.6 Å². The number of amides is 1. The van der Waals surface area contributed by atoms with E-state index in [-0.39, 0.29) is 5.91 Å². The van der Waals surface area contributed by atoms with Crippen molar-refractivity contribution in [3.8, 4) is 5.75 Å². The van der Waals surface area contributed by atoms with Gasteiger partial charge in [-0.3, -0.25) is 4.79 Å². The number of nitrogens with zero attached hydrogens (tertiary/aromatic N) is 1. The Hall–Kier alpha value is -2.54. The van der Waals surface area contributed by atoms with E-state index in [1.807, 2.05) is 6.92 Å². The molecule has 0 spiro atoms. The molecule has 0 unspecified atom stereocenters. The fraction of sp³-hybridized carbons (Fsp3) is 0.278. The monoisotopic (exact) mass is 350 g/mol. The highest BCUT2D eigenvalue weighted by molar-refractivity contribution is 6.05. The zero-order chi connectivity index (χ0) is 18.2. The lowest BCUT2D eigenvalue weighted by molar-refractivity contribution is -0.137. The van der Waals surface area contributed by atoms with Crippen LogP contribution >= 0.6 is 0 Å². The Morgan fingerprint density at radius 3 is 2.20 bits per heavy atom. The van der Waals surface area contributed by atoms with Gasteiger partial charge in [-0.1, -0.05) is 12.1 Å². The highest BCUT2D eigenvalue weighted by Gasteiger charge is 2.46. The molecule has 2 atom stereocenters. The first kappa shape index (κ1) is 17.3. The van der Waals surface area contributed by atoms with E-state index in [1.165, 1.54) is 17.0 Å². The SMILES string of the molecule is CCOc1ccc(N2C(=O)[C@@H](N)[C@@H]2c2ccc(C(F)(F)F)cc2)cc1. The van der Waals surface area contributed by atoms with Crippen LogP contribution in [0.2, 0.25) is 0 Å². The van der Waals surface area contributed by atoms with Gasteiger partial charge in [-0.15, -0.1) is 0 Å². The van der Waals surface area contributed by atoms with Crippen LogP contribution in [0, 0.1) is 0 Å². The summed E-state index contributed by atoms with van der Waals surface area (Å²) in [5.74, 6) is 0.406. The maximum atomic E-state index is 12.7. The standard InChI is InChI=1S/C18H17F3N2O2/c1-2-25-14-9-7-13(8-10-14)23-16(15(22)17(23)24)11-3-5-12(6-4-11)18(19,20)21/h3-10,15-16H,2,22H2,1H3/t15-,16-/m0/s1. The zero-order valence-electron chi connectivity index (χ0n) is 13.5. The fourth-order valence-corrected chi connectivity index (χ4v) is 2.89. The number of halogens is 3. The van der Waals surface area contributed by atoms with Gasteiger partial charge in [0.25, 0.3) is 0 Å². The molecule has 0 aliphatic carbocycles. The average molecular weight is 350 g/mol. The van der Waals surface area contributed by atoms with E-state index >= 15 is 0 Å². The summed E-state index contributed by atoms with van der Waals surface area (Å²) in [6, 6.07) is 10.4.